The van der Waals surface area contributed by atoms with E-state index >= 15 is 0 Å². The third kappa shape index (κ3) is 5.81. The Morgan fingerprint density at radius 2 is 1.87 bits per heavy atom. The quantitative estimate of drug-likeness (QED) is 0.629. The van der Waals surface area contributed by atoms with Gasteiger partial charge in [-0.15, -0.1) is 0 Å². The summed E-state index contributed by atoms with van der Waals surface area (Å²) in [5.41, 5.74) is 0.254. The summed E-state index contributed by atoms with van der Waals surface area (Å²) in [4.78, 5) is 11.0. The van der Waals surface area contributed by atoms with Crippen molar-refractivity contribution in [3.05, 3.63) is 0 Å². The smallest absolute Gasteiger partial charge is 0.302 e. The molecule has 0 N–H and O–H groups in total. The van der Waals surface area contributed by atoms with Gasteiger partial charge in [0.05, 0.1) is 0 Å². The van der Waals surface area contributed by atoms with Crippen molar-refractivity contribution in [1.29, 1.82) is 0 Å². The molecule has 2 unspecified atom stereocenters. The number of carbonyl (C=O) groups is 1. The number of ether oxygens (including phenoxy) is 1. The molecule has 0 rings (SSSR count). The van der Waals surface area contributed by atoms with Crippen LogP contribution < -0.4 is 0 Å². The zero-order chi connectivity index (χ0) is 12.1. The van der Waals surface area contributed by atoms with E-state index in [1.54, 1.807) is 0 Å². The van der Waals surface area contributed by atoms with Crippen molar-refractivity contribution in [3.63, 3.8) is 0 Å². The highest BCUT2D eigenvalue weighted by molar-refractivity contribution is 5.66. The molecule has 2 atom stereocenters. The molecule has 2 heteroatoms. The zero-order valence-electron chi connectivity index (χ0n) is 11.1. The largest absolute Gasteiger partial charge is 0.462 e. The highest BCUT2D eigenvalue weighted by Gasteiger charge is 2.27. The third-order valence-corrected chi connectivity index (χ3v) is 3.31. The molecule has 0 aliphatic carbocycles. The summed E-state index contributed by atoms with van der Waals surface area (Å²) in [6.45, 7) is 12.4. The second kappa shape index (κ2) is 6.14. The summed E-state index contributed by atoms with van der Waals surface area (Å²) in [7, 11) is 0. The van der Waals surface area contributed by atoms with Crippen molar-refractivity contribution in [2.75, 3.05) is 0 Å². The first-order valence-electron chi connectivity index (χ1n) is 5.99. The summed E-state index contributed by atoms with van der Waals surface area (Å²) in [5.74, 6) is 0.284. The normalized spacial score (nSPS) is 15.9. The van der Waals surface area contributed by atoms with Gasteiger partial charge >= 0.3 is 5.97 Å². The molecule has 0 aromatic heterocycles. The highest BCUT2D eigenvalue weighted by atomic mass is 16.5. The van der Waals surface area contributed by atoms with Gasteiger partial charge in [-0.2, -0.15) is 0 Å². The first-order valence-corrected chi connectivity index (χ1v) is 5.99. The van der Waals surface area contributed by atoms with Gasteiger partial charge in [0.15, 0.2) is 0 Å². The Kier molecular flexibility index (Phi) is 5.92. The van der Waals surface area contributed by atoms with Crippen LogP contribution in [-0.4, -0.2) is 12.1 Å². The van der Waals surface area contributed by atoms with Gasteiger partial charge in [0.2, 0.25) is 0 Å². The molecule has 0 aromatic carbocycles. The molecule has 0 heterocycles. The lowest BCUT2D eigenvalue weighted by Crippen LogP contribution is -2.29. The average Bonchev–Trinajstić information content (AvgIpc) is 2.14. The maximum Gasteiger partial charge on any atom is 0.302 e. The van der Waals surface area contributed by atoms with Gasteiger partial charge in [0, 0.05) is 6.92 Å². The van der Waals surface area contributed by atoms with Crippen molar-refractivity contribution >= 4 is 5.97 Å². The number of hydrogen-bond donors (Lipinski definition) is 0. The number of hydrogen-bond acceptors (Lipinski definition) is 2. The lowest BCUT2D eigenvalue weighted by atomic mass is 9.80. The summed E-state index contributed by atoms with van der Waals surface area (Å²) < 4.78 is 5.40. The fourth-order valence-electron chi connectivity index (χ4n) is 1.52. The van der Waals surface area contributed by atoms with E-state index in [-0.39, 0.29) is 17.5 Å². The predicted molar refractivity (Wildman–Crippen MR) is 63.7 cm³/mol. The van der Waals surface area contributed by atoms with Crippen molar-refractivity contribution < 1.29 is 9.53 Å². The van der Waals surface area contributed by atoms with Crippen LogP contribution in [0, 0.1) is 11.3 Å². The molecule has 0 bridgehead atoms. The molecular formula is C13H26O2. The van der Waals surface area contributed by atoms with Crippen LogP contribution in [0.3, 0.4) is 0 Å². The van der Waals surface area contributed by atoms with Gasteiger partial charge < -0.3 is 4.74 Å². The van der Waals surface area contributed by atoms with Gasteiger partial charge in [-0.05, 0) is 17.8 Å². The van der Waals surface area contributed by atoms with Crippen LogP contribution >= 0.6 is 0 Å². The summed E-state index contributed by atoms with van der Waals surface area (Å²) in [6, 6.07) is 0. The van der Waals surface area contributed by atoms with Crippen molar-refractivity contribution in [1.82, 2.24) is 0 Å². The number of esters is 1. The topological polar surface area (TPSA) is 26.3 Å². The Balaban J connectivity index is 4.43. The van der Waals surface area contributed by atoms with Gasteiger partial charge in [0.25, 0.3) is 0 Å². The zero-order valence-corrected chi connectivity index (χ0v) is 11.1. The van der Waals surface area contributed by atoms with E-state index in [2.05, 4.69) is 34.6 Å². The summed E-state index contributed by atoms with van der Waals surface area (Å²) in [5, 5.41) is 0. The van der Waals surface area contributed by atoms with Gasteiger partial charge in [-0.25, -0.2) is 0 Å². The Morgan fingerprint density at radius 3 is 2.20 bits per heavy atom. The van der Waals surface area contributed by atoms with Crippen molar-refractivity contribution in [2.45, 2.75) is 66.9 Å². The van der Waals surface area contributed by atoms with Crippen LogP contribution in [0.25, 0.3) is 0 Å². The lowest BCUT2D eigenvalue weighted by molar-refractivity contribution is -0.150. The van der Waals surface area contributed by atoms with Crippen LogP contribution in [0.5, 0.6) is 0 Å². The van der Waals surface area contributed by atoms with Crippen LogP contribution in [-0.2, 0) is 9.53 Å². The number of carbonyl (C=O) groups excluding carboxylic acids is 1. The van der Waals surface area contributed by atoms with Crippen LogP contribution in [0.1, 0.15) is 60.8 Å². The summed E-state index contributed by atoms with van der Waals surface area (Å²) in [6.07, 6.45) is 3.19. The molecule has 90 valence electrons. The molecule has 15 heavy (non-hydrogen) atoms. The predicted octanol–water partition coefficient (Wildman–Crippen LogP) is 3.79. The second-order valence-electron chi connectivity index (χ2n) is 5.26. The lowest BCUT2D eigenvalue weighted by Gasteiger charge is -2.31. The molecule has 0 saturated heterocycles. The van der Waals surface area contributed by atoms with Crippen LogP contribution in [0.2, 0.25) is 0 Å². The maximum absolute atomic E-state index is 11.0. The van der Waals surface area contributed by atoms with Crippen LogP contribution in [0.15, 0.2) is 0 Å². The second-order valence-corrected chi connectivity index (χ2v) is 5.26. The van der Waals surface area contributed by atoms with Crippen molar-refractivity contribution in [3.8, 4) is 0 Å². The molecule has 0 aromatic rings. The highest BCUT2D eigenvalue weighted by Crippen LogP contribution is 2.31. The first kappa shape index (κ1) is 14.5. The van der Waals surface area contributed by atoms with Crippen molar-refractivity contribution in [2.24, 2.45) is 11.3 Å². The summed E-state index contributed by atoms with van der Waals surface area (Å²) >= 11 is 0. The molecule has 0 spiro atoms. The standard InChI is InChI=1S/C13H26O2/c1-7-10(3)12(15-11(4)14)9-13(5,6)8-2/h10,12H,7-9H2,1-6H3. The van der Waals surface area contributed by atoms with E-state index in [0.29, 0.717) is 5.92 Å². The minimum Gasteiger partial charge on any atom is -0.462 e. The van der Waals surface area contributed by atoms with E-state index in [0.717, 1.165) is 19.3 Å². The minimum atomic E-state index is -0.160. The molecule has 0 aliphatic rings. The maximum atomic E-state index is 11.0. The Bertz CT molecular complexity index is 197. The van der Waals surface area contributed by atoms with E-state index in [4.69, 9.17) is 4.74 Å². The minimum absolute atomic E-state index is 0.0717. The Hall–Kier alpha value is -0.530. The third-order valence-electron chi connectivity index (χ3n) is 3.31. The molecule has 0 saturated carbocycles. The number of rotatable bonds is 6. The monoisotopic (exact) mass is 214 g/mol. The van der Waals surface area contributed by atoms with E-state index in [1.807, 2.05) is 0 Å². The molecule has 0 fully saturated rings. The molecule has 0 radical (unpaired) electrons. The van der Waals surface area contributed by atoms with Gasteiger partial charge in [-0.1, -0.05) is 47.5 Å². The average molecular weight is 214 g/mol. The van der Waals surface area contributed by atoms with E-state index in [1.165, 1.54) is 6.92 Å². The molecule has 0 amide bonds. The fourth-order valence-corrected chi connectivity index (χ4v) is 1.52. The van der Waals surface area contributed by atoms with Gasteiger partial charge in [-0.3, -0.25) is 4.79 Å². The molecule has 2 nitrogen and oxygen atoms in total. The molecule has 0 aliphatic heterocycles. The van der Waals surface area contributed by atoms with Crippen LogP contribution in [0.4, 0.5) is 0 Å². The first-order chi connectivity index (χ1) is 6.82. The Labute approximate surface area is 94.4 Å². The van der Waals surface area contributed by atoms with E-state index < -0.39 is 0 Å². The van der Waals surface area contributed by atoms with E-state index in [9.17, 15) is 4.79 Å². The SMILES string of the molecule is CCC(C)C(CC(C)(C)CC)OC(C)=O. The molecular weight excluding hydrogens is 188 g/mol. The fraction of sp³-hybridized carbons (Fsp3) is 0.923. The Morgan fingerprint density at radius 1 is 1.33 bits per heavy atom. The van der Waals surface area contributed by atoms with Gasteiger partial charge in [0.1, 0.15) is 6.10 Å².